The van der Waals surface area contributed by atoms with E-state index in [1.165, 1.54) is 11.3 Å². The molecule has 0 fully saturated rings. The van der Waals surface area contributed by atoms with E-state index >= 15 is 0 Å². The molecule has 4 nitrogen and oxygen atoms in total. The number of hydrogen-bond donors (Lipinski definition) is 2. The molecule has 2 unspecified atom stereocenters. The SMILES string of the molecule is Cn1c(C(O)(c2ccccc2)C(O)c2cccs2)nc2ccccc21. The molecule has 0 radical (unpaired) electrons. The molecule has 2 aromatic heterocycles. The molecule has 0 spiro atoms. The predicted octanol–water partition coefficient (Wildman–Crippen LogP) is 3.60. The molecule has 2 aromatic carbocycles. The number of hydrogen-bond acceptors (Lipinski definition) is 4. The largest absolute Gasteiger partial charge is 0.384 e. The monoisotopic (exact) mass is 350 g/mol. The normalized spacial score (nSPS) is 15.2. The van der Waals surface area contributed by atoms with Gasteiger partial charge in [0.1, 0.15) is 11.9 Å². The highest BCUT2D eigenvalue weighted by atomic mass is 32.1. The van der Waals surface area contributed by atoms with Gasteiger partial charge < -0.3 is 14.8 Å². The van der Waals surface area contributed by atoms with E-state index < -0.39 is 11.7 Å². The summed E-state index contributed by atoms with van der Waals surface area (Å²) in [6.07, 6.45) is -1.12. The Labute approximate surface area is 149 Å². The molecule has 0 aliphatic rings. The van der Waals surface area contributed by atoms with Crippen molar-refractivity contribution >= 4 is 22.4 Å². The molecule has 0 bridgehead atoms. The Morgan fingerprint density at radius 2 is 1.72 bits per heavy atom. The van der Waals surface area contributed by atoms with E-state index in [1.807, 2.05) is 83.7 Å². The highest BCUT2D eigenvalue weighted by Gasteiger charge is 2.44. The van der Waals surface area contributed by atoms with Crippen LogP contribution in [-0.4, -0.2) is 19.8 Å². The Morgan fingerprint density at radius 3 is 2.40 bits per heavy atom. The number of rotatable bonds is 4. The van der Waals surface area contributed by atoms with Crippen molar-refractivity contribution in [2.45, 2.75) is 11.7 Å². The minimum Gasteiger partial charge on any atom is -0.384 e. The molecule has 0 aliphatic carbocycles. The number of imidazole rings is 1. The fourth-order valence-corrected chi connectivity index (χ4v) is 4.01. The lowest BCUT2D eigenvalue weighted by Crippen LogP contribution is -2.37. The van der Waals surface area contributed by atoms with Crippen LogP contribution in [0.5, 0.6) is 0 Å². The molecule has 0 amide bonds. The van der Waals surface area contributed by atoms with Crippen molar-refractivity contribution in [2.75, 3.05) is 0 Å². The average Bonchev–Trinajstić information content (AvgIpc) is 3.30. The quantitative estimate of drug-likeness (QED) is 0.591. The molecule has 2 atom stereocenters. The van der Waals surface area contributed by atoms with Crippen molar-refractivity contribution in [3.63, 3.8) is 0 Å². The Hall–Kier alpha value is -2.47. The summed E-state index contributed by atoms with van der Waals surface area (Å²) in [5.41, 5.74) is 0.646. The van der Waals surface area contributed by atoms with Crippen molar-refractivity contribution < 1.29 is 10.2 Å². The lowest BCUT2D eigenvalue weighted by atomic mass is 9.86. The summed E-state index contributed by atoms with van der Waals surface area (Å²) in [7, 11) is 1.86. The molecule has 0 saturated heterocycles. The van der Waals surface area contributed by atoms with Crippen LogP contribution < -0.4 is 0 Å². The van der Waals surface area contributed by atoms with Crippen LogP contribution in [0.1, 0.15) is 22.4 Å². The summed E-state index contributed by atoms with van der Waals surface area (Å²) in [5.74, 6) is 0.417. The third-order valence-corrected chi connectivity index (χ3v) is 5.48. The maximum absolute atomic E-state index is 11.7. The van der Waals surface area contributed by atoms with Gasteiger partial charge in [-0.25, -0.2) is 4.98 Å². The van der Waals surface area contributed by atoms with Gasteiger partial charge in [-0.15, -0.1) is 11.3 Å². The number of aryl methyl sites for hydroxylation is 1. The second kappa shape index (κ2) is 6.11. The standard InChI is InChI=1S/C20H18N2O2S/c1-22-16-11-6-5-10-15(16)21-19(22)20(24,14-8-3-2-4-9-14)18(23)17-12-7-13-25-17/h2-13,18,23-24H,1H3. The van der Waals surface area contributed by atoms with E-state index in [9.17, 15) is 10.2 Å². The number of thiophene rings is 1. The van der Waals surface area contributed by atoms with Crippen LogP contribution in [0.15, 0.2) is 72.1 Å². The predicted molar refractivity (Wildman–Crippen MR) is 99.4 cm³/mol. The average molecular weight is 350 g/mol. The molecule has 25 heavy (non-hydrogen) atoms. The molecular formula is C20H18N2O2S. The topological polar surface area (TPSA) is 58.3 Å². The Balaban J connectivity index is 1.98. The first-order valence-electron chi connectivity index (χ1n) is 8.03. The summed E-state index contributed by atoms with van der Waals surface area (Å²) < 4.78 is 1.85. The van der Waals surface area contributed by atoms with E-state index in [2.05, 4.69) is 4.98 Å². The summed E-state index contributed by atoms with van der Waals surface area (Å²) in [6, 6.07) is 20.6. The summed E-state index contributed by atoms with van der Waals surface area (Å²) in [4.78, 5) is 5.34. The Bertz CT molecular complexity index is 995. The van der Waals surface area contributed by atoms with Gasteiger partial charge in [0.2, 0.25) is 0 Å². The molecule has 126 valence electrons. The van der Waals surface area contributed by atoms with Gasteiger partial charge in [0, 0.05) is 11.9 Å². The lowest BCUT2D eigenvalue weighted by molar-refractivity contribution is -0.0573. The minimum absolute atomic E-state index is 0.417. The van der Waals surface area contributed by atoms with E-state index in [1.54, 1.807) is 0 Å². The van der Waals surface area contributed by atoms with Crippen molar-refractivity contribution in [2.24, 2.45) is 7.05 Å². The Kier molecular flexibility index (Phi) is 3.92. The highest BCUT2D eigenvalue weighted by Crippen LogP contribution is 2.42. The first kappa shape index (κ1) is 16.0. The molecule has 0 saturated carbocycles. The number of para-hydroxylation sites is 2. The van der Waals surface area contributed by atoms with Gasteiger partial charge in [-0.3, -0.25) is 0 Å². The van der Waals surface area contributed by atoms with Crippen LogP contribution >= 0.6 is 11.3 Å². The van der Waals surface area contributed by atoms with Gasteiger partial charge in [-0.1, -0.05) is 48.5 Å². The van der Waals surface area contributed by atoms with Crippen LogP contribution in [0.4, 0.5) is 0 Å². The van der Waals surface area contributed by atoms with E-state index in [-0.39, 0.29) is 0 Å². The Morgan fingerprint density at radius 1 is 1.00 bits per heavy atom. The summed E-state index contributed by atoms with van der Waals surface area (Å²) >= 11 is 1.41. The van der Waals surface area contributed by atoms with Crippen LogP contribution in [0.2, 0.25) is 0 Å². The first-order valence-corrected chi connectivity index (χ1v) is 8.91. The summed E-state index contributed by atoms with van der Waals surface area (Å²) in [5, 5.41) is 24.7. The lowest BCUT2D eigenvalue weighted by Gasteiger charge is -2.32. The first-order chi connectivity index (χ1) is 12.1. The molecule has 2 N–H and O–H groups in total. The van der Waals surface area contributed by atoms with Gasteiger partial charge in [0.25, 0.3) is 0 Å². The smallest absolute Gasteiger partial charge is 0.178 e. The van der Waals surface area contributed by atoms with Gasteiger partial charge in [0.05, 0.1) is 11.0 Å². The van der Waals surface area contributed by atoms with Gasteiger partial charge in [-0.05, 0) is 29.1 Å². The fraction of sp³-hybridized carbons (Fsp3) is 0.150. The molecular weight excluding hydrogens is 332 g/mol. The van der Waals surface area contributed by atoms with Crippen molar-refractivity contribution in [1.29, 1.82) is 0 Å². The van der Waals surface area contributed by atoms with Gasteiger partial charge >= 0.3 is 0 Å². The number of aromatic nitrogens is 2. The maximum atomic E-state index is 11.7. The zero-order chi connectivity index (χ0) is 17.4. The molecule has 2 heterocycles. The second-order valence-corrected chi connectivity index (χ2v) is 7.01. The molecule has 4 rings (SSSR count). The summed E-state index contributed by atoms with van der Waals surface area (Å²) in [6.45, 7) is 0. The van der Waals surface area contributed by atoms with Crippen LogP contribution in [-0.2, 0) is 12.6 Å². The van der Waals surface area contributed by atoms with E-state index in [0.29, 0.717) is 16.3 Å². The number of aliphatic hydroxyl groups excluding tert-OH is 1. The zero-order valence-corrected chi connectivity index (χ0v) is 14.5. The van der Waals surface area contributed by atoms with Crippen molar-refractivity contribution in [3.05, 3.63) is 88.4 Å². The number of fused-ring (bicyclic) bond motifs is 1. The number of nitrogens with zero attached hydrogens (tertiary/aromatic N) is 2. The number of benzene rings is 2. The van der Waals surface area contributed by atoms with Crippen LogP contribution in [0.25, 0.3) is 11.0 Å². The minimum atomic E-state index is -1.65. The molecule has 0 aliphatic heterocycles. The second-order valence-electron chi connectivity index (χ2n) is 6.03. The van der Waals surface area contributed by atoms with Gasteiger partial charge in [-0.2, -0.15) is 0 Å². The molecule has 4 aromatic rings. The fourth-order valence-electron chi connectivity index (χ4n) is 3.24. The zero-order valence-electron chi connectivity index (χ0n) is 13.7. The molecule has 5 heteroatoms. The van der Waals surface area contributed by atoms with Crippen LogP contribution in [0.3, 0.4) is 0 Å². The third-order valence-electron chi connectivity index (χ3n) is 4.55. The van der Waals surface area contributed by atoms with E-state index in [0.717, 1.165) is 11.0 Å². The maximum Gasteiger partial charge on any atom is 0.178 e. The van der Waals surface area contributed by atoms with Crippen molar-refractivity contribution in [3.8, 4) is 0 Å². The number of aliphatic hydroxyl groups is 2. The van der Waals surface area contributed by atoms with E-state index in [4.69, 9.17) is 0 Å². The third kappa shape index (κ3) is 2.48. The van der Waals surface area contributed by atoms with Crippen molar-refractivity contribution in [1.82, 2.24) is 9.55 Å². The highest BCUT2D eigenvalue weighted by molar-refractivity contribution is 7.10. The van der Waals surface area contributed by atoms with Crippen LogP contribution in [0, 0.1) is 0 Å². The van der Waals surface area contributed by atoms with Gasteiger partial charge in [0.15, 0.2) is 5.60 Å².